The Kier molecular flexibility index (Phi) is 10.6. The first-order valence-electron chi connectivity index (χ1n) is 8.16. The Labute approximate surface area is 165 Å². The second kappa shape index (κ2) is 10.8. The number of aliphatic imine (C=N–C) groups is 1. The fraction of sp³-hybridized carbons (Fsp3) is 0.929. The average Bonchev–Trinajstić information content (AvgIpc) is 2.49. The Bertz CT molecular complexity index is 519. The Morgan fingerprint density at radius 3 is 2.24 bits per heavy atom. The van der Waals surface area contributed by atoms with Gasteiger partial charge in [0.1, 0.15) is 0 Å². The molecule has 0 aliphatic carbocycles. The van der Waals surface area contributed by atoms with E-state index < -0.39 is 15.5 Å². The average molecular weight is 500 g/mol. The van der Waals surface area contributed by atoms with Gasteiger partial charge in [-0.15, -0.1) is 24.0 Å². The summed E-state index contributed by atoms with van der Waals surface area (Å²) in [5, 5.41) is 6.29. The smallest absolute Gasteiger partial charge is 0.357 e. The quantitative estimate of drug-likeness (QED) is 0.334. The van der Waals surface area contributed by atoms with Crippen molar-refractivity contribution in [2.45, 2.75) is 39.1 Å². The maximum Gasteiger partial charge on any atom is 0.511 e. The first-order chi connectivity index (χ1) is 11.1. The summed E-state index contributed by atoms with van der Waals surface area (Å²) in [4.78, 5) is 4.42. The van der Waals surface area contributed by atoms with E-state index in [2.05, 4.69) is 29.5 Å². The van der Waals surface area contributed by atoms with Crippen LogP contribution in [0.15, 0.2) is 4.99 Å². The highest BCUT2D eigenvalue weighted by atomic mass is 127. The minimum Gasteiger partial charge on any atom is -0.357 e. The summed E-state index contributed by atoms with van der Waals surface area (Å²) in [6, 6.07) is 0. The molecule has 1 aliphatic heterocycles. The fourth-order valence-corrected chi connectivity index (χ4v) is 3.34. The lowest BCUT2D eigenvalue weighted by atomic mass is 9.98. The molecular formula is C14H28F3IN4O2S. The second-order valence-electron chi connectivity index (χ2n) is 6.29. The number of halogens is 4. The largest absolute Gasteiger partial charge is 0.511 e. The van der Waals surface area contributed by atoms with E-state index in [9.17, 15) is 21.6 Å². The number of hydrogen-bond acceptors (Lipinski definition) is 3. The Hall–Kier alpha value is -0.300. The molecule has 0 aromatic carbocycles. The predicted molar refractivity (Wildman–Crippen MR) is 104 cm³/mol. The maximum atomic E-state index is 12.5. The van der Waals surface area contributed by atoms with Crippen molar-refractivity contribution in [2.24, 2.45) is 16.8 Å². The van der Waals surface area contributed by atoms with Crippen LogP contribution in [0.1, 0.15) is 33.6 Å². The Morgan fingerprint density at radius 1 is 1.24 bits per heavy atom. The van der Waals surface area contributed by atoms with E-state index in [1.165, 1.54) is 0 Å². The summed E-state index contributed by atoms with van der Waals surface area (Å²) in [6.45, 7) is 7.82. The van der Waals surface area contributed by atoms with E-state index in [1.807, 2.05) is 6.92 Å². The molecule has 0 unspecified atom stereocenters. The third kappa shape index (κ3) is 7.85. The van der Waals surface area contributed by atoms with Crippen LogP contribution >= 0.6 is 24.0 Å². The molecule has 1 heterocycles. The van der Waals surface area contributed by atoms with Crippen molar-refractivity contribution in [3.05, 3.63) is 0 Å². The summed E-state index contributed by atoms with van der Waals surface area (Å²) in [5.74, 6) is 1.22. The molecule has 0 aromatic rings. The minimum atomic E-state index is -5.22. The summed E-state index contributed by atoms with van der Waals surface area (Å²) in [5.41, 5.74) is -5.22. The lowest BCUT2D eigenvalue weighted by Gasteiger charge is -2.31. The number of hydrogen-bond donors (Lipinski definition) is 2. The topological polar surface area (TPSA) is 73.8 Å². The number of nitrogens with one attached hydrogen (secondary N) is 2. The standard InChI is InChI=1S/C14H27F3N4O2S.HI/c1-4-18-13(19-9-11(2)3)20-10-12-5-7-21(8-6-12)24(22,23)14(15,16)17;/h11-12H,4-10H2,1-3H3,(H2,18,19,20);1H. The van der Waals surface area contributed by atoms with E-state index in [1.54, 1.807) is 0 Å². The summed E-state index contributed by atoms with van der Waals surface area (Å²) >= 11 is 0. The number of piperidine rings is 1. The molecule has 1 aliphatic rings. The van der Waals surface area contributed by atoms with Crippen molar-refractivity contribution in [3.63, 3.8) is 0 Å². The first kappa shape index (κ1) is 24.7. The van der Waals surface area contributed by atoms with Gasteiger partial charge < -0.3 is 10.6 Å². The van der Waals surface area contributed by atoms with Crippen LogP contribution in [0, 0.1) is 11.8 Å². The lowest BCUT2D eigenvalue weighted by Crippen LogP contribution is -2.47. The fourth-order valence-electron chi connectivity index (χ4n) is 2.36. The highest BCUT2D eigenvalue weighted by Crippen LogP contribution is 2.30. The van der Waals surface area contributed by atoms with Crippen molar-refractivity contribution >= 4 is 40.0 Å². The van der Waals surface area contributed by atoms with Crippen LogP contribution in [0.3, 0.4) is 0 Å². The molecule has 1 rings (SSSR count). The van der Waals surface area contributed by atoms with Crippen molar-refractivity contribution < 1.29 is 21.6 Å². The molecule has 0 atom stereocenters. The molecule has 0 radical (unpaired) electrons. The summed E-state index contributed by atoms with van der Waals surface area (Å²) < 4.78 is 60.9. The SMILES string of the molecule is CCNC(=NCC(C)C)NCC1CCN(S(=O)(=O)C(F)(F)F)CC1.I. The van der Waals surface area contributed by atoms with Crippen LogP contribution in [0.5, 0.6) is 0 Å². The van der Waals surface area contributed by atoms with Gasteiger partial charge in [0.15, 0.2) is 5.96 Å². The molecule has 1 fully saturated rings. The normalized spacial score (nSPS) is 18.1. The van der Waals surface area contributed by atoms with Crippen LogP contribution in [0.25, 0.3) is 0 Å². The number of guanidine groups is 1. The monoisotopic (exact) mass is 500 g/mol. The van der Waals surface area contributed by atoms with Gasteiger partial charge in [-0.1, -0.05) is 13.8 Å². The van der Waals surface area contributed by atoms with Crippen molar-refractivity contribution in [2.75, 3.05) is 32.7 Å². The van der Waals surface area contributed by atoms with Crippen LogP contribution in [-0.4, -0.2) is 56.9 Å². The zero-order valence-corrected chi connectivity index (χ0v) is 17.9. The molecule has 0 spiro atoms. The number of alkyl halides is 3. The molecule has 1 saturated heterocycles. The van der Waals surface area contributed by atoms with E-state index in [0.717, 1.165) is 0 Å². The van der Waals surface area contributed by atoms with Gasteiger partial charge in [-0.05, 0) is 31.6 Å². The zero-order valence-electron chi connectivity index (χ0n) is 14.8. The van der Waals surface area contributed by atoms with Gasteiger partial charge >= 0.3 is 15.5 Å². The lowest BCUT2D eigenvalue weighted by molar-refractivity contribution is -0.0496. The maximum absolute atomic E-state index is 12.5. The molecule has 25 heavy (non-hydrogen) atoms. The highest BCUT2D eigenvalue weighted by molar-refractivity contribution is 14.0. The first-order valence-corrected chi connectivity index (χ1v) is 9.60. The van der Waals surface area contributed by atoms with Gasteiger partial charge in [-0.3, -0.25) is 4.99 Å². The van der Waals surface area contributed by atoms with Gasteiger partial charge in [-0.2, -0.15) is 17.5 Å². The molecule has 2 N–H and O–H groups in total. The third-order valence-electron chi connectivity index (χ3n) is 3.72. The van der Waals surface area contributed by atoms with Gasteiger partial charge in [0, 0.05) is 32.7 Å². The van der Waals surface area contributed by atoms with Gasteiger partial charge in [0.05, 0.1) is 0 Å². The van der Waals surface area contributed by atoms with Crippen LogP contribution in [-0.2, 0) is 10.0 Å². The second-order valence-corrected chi connectivity index (χ2v) is 8.22. The Balaban J connectivity index is 0.00000576. The molecular weight excluding hydrogens is 472 g/mol. The van der Waals surface area contributed by atoms with Crippen LogP contribution < -0.4 is 10.6 Å². The summed E-state index contributed by atoms with van der Waals surface area (Å²) in [6.07, 6.45) is 0.789. The predicted octanol–water partition coefficient (Wildman–Crippen LogP) is 2.38. The van der Waals surface area contributed by atoms with Gasteiger partial charge in [0.2, 0.25) is 0 Å². The van der Waals surface area contributed by atoms with Gasteiger partial charge in [-0.25, -0.2) is 8.42 Å². The highest BCUT2D eigenvalue weighted by Gasteiger charge is 2.50. The number of nitrogens with zero attached hydrogens (tertiary/aromatic N) is 2. The van der Waals surface area contributed by atoms with Crippen molar-refractivity contribution in [3.8, 4) is 0 Å². The van der Waals surface area contributed by atoms with Crippen LogP contribution in [0.4, 0.5) is 13.2 Å². The molecule has 11 heteroatoms. The van der Waals surface area contributed by atoms with Crippen molar-refractivity contribution in [1.29, 1.82) is 0 Å². The molecule has 0 aromatic heterocycles. The van der Waals surface area contributed by atoms with Gasteiger partial charge in [0.25, 0.3) is 0 Å². The number of sulfonamides is 1. The zero-order chi connectivity index (χ0) is 18.4. The number of rotatable bonds is 6. The third-order valence-corrected chi connectivity index (χ3v) is 5.35. The van der Waals surface area contributed by atoms with Crippen LogP contribution in [0.2, 0.25) is 0 Å². The van der Waals surface area contributed by atoms with E-state index in [4.69, 9.17) is 0 Å². The molecule has 0 amide bonds. The molecule has 0 saturated carbocycles. The van der Waals surface area contributed by atoms with E-state index >= 15 is 0 Å². The molecule has 6 nitrogen and oxygen atoms in total. The van der Waals surface area contributed by atoms with E-state index in [0.29, 0.717) is 48.7 Å². The molecule has 0 bridgehead atoms. The summed E-state index contributed by atoms with van der Waals surface area (Å²) in [7, 11) is -5.20. The Morgan fingerprint density at radius 2 is 1.80 bits per heavy atom. The molecule has 150 valence electrons. The minimum absolute atomic E-state index is 0. The van der Waals surface area contributed by atoms with E-state index in [-0.39, 0.29) is 43.0 Å². The van der Waals surface area contributed by atoms with Crippen molar-refractivity contribution in [1.82, 2.24) is 14.9 Å².